The molecular weight excluding hydrogens is 957 g/mol. The Morgan fingerprint density at radius 3 is 1.46 bits per heavy atom. The monoisotopic (exact) mass is 1010 g/mol. The van der Waals surface area contributed by atoms with E-state index in [0.29, 0.717) is 47.6 Å². The van der Waals surface area contributed by atoms with Crippen LogP contribution in [-0.2, 0) is 34.1 Å². The van der Waals surface area contributed by atoms with E-state index in [1.165, 1.54) is 72.6 Å². The lowest BCUT2D eigenvalue weighted by molar-refractivity contribution is -0.124. The van der Waals surface area contributed by atoms with Crippen LogP contribution in [0.15, 0.2) is 167 Å². The normalized spacial score (nSPS) is 16.4. The molecule has 0 radical (unpaired) electrons. The molecule has 68 heavy (non-hydrogen) atoms. The van der Waals surface area contributed by atoms with Crippen LogP contribution in [-0.4, -0.2) is 90.4 Å². The van der Waals surface area contributed by atoms with E-state index < -0.39 is 40.6 Å². The van der Waals surface area contributed by atoms with Gasteiger partial charge in [0.2, 0.25) is 0 Å². The Hall–Kier alpha value is -5.80. The van der Waals surface area contributed by atoms with Crippen molar-refractivity contribution in [1.29, 1.82) is 0 Å². The number of amides is 2. The summed E-state index contributed by atoms with van der Waals surface area (Å²) in [7, 11) is -10.6. The number of thiazole rings is 2. The summed E-state index contributed by atoms with van der Waals surface area (Å²) in [6.07, 6.45) is 5.44. The highest BCUT2D eigenvalue weighted by Crippen LogP contribution is 2.39. The smallest absolute Gasteiger partial charge is 0.266 e. The first-order valence-corrected chi connectivity index (χ1v) is 28.0. The predicted octanol–water partition coefficient (Wildman–Crippen LogP) is 7.46. The second kappa shape index (κ2) is 21.7. The number of aliphatic hydroxyl groups excluding tert-OH is 1. The van der Waals surface area contributed by atoms with Gasteiger partial charge in [-0.1, -0.05) is 101 Å². The topological polar surface area (TPSA) is 171 Å². The van der Waals surface area contributed by atoms with Gasteiger partial charge in [-0.25, -0.2) is 35.4 Å². The quantitative estimate of drug-likeness (QED) is 0.0759. The summed E-state index contributed by atoms with van der Waals surface area (Å²) in [5.74, 6) is -0.485. The molecule has 2 aliphatic rings. The number of hydrogen-bond acceptors (Lipinski definition) is 12. The summed E-state index contributed by atoms with van der Waals surface area (Å²) in [6.45, 7) is 15.0. The van der Waals surface area contributed by atoms with Crippen molar-refractivity contribution >= 4 is 94.9 Å². The zero-order chi connectivity index (χ0) is 48.0. The molecule has 358 valence electrons. The van der Waals surface area contributed by atoms with E-state index in [0.717, 1.165) is 10.4 Å². The second-order valence-corrected chi connectivity index (χ2v) is 26.3. The van der Waals surface area contributed by atoms with Crippen molar-refractivity contribution in [2.75, 3.05) is 44.6 Å². The molecule has 2 amide bonds. The minimum Gasteiger partial charge on any atom is -0.395 e. The van der Waals surface area contributed by atoms with E-state index in [1.807, 2.05) is 36.4 Å². The van der Waals surface area contributed by atoms with E-state index in [-0.39, 0.29) is 47.2 Å². The molecule has 1 N–H and O–H groups in total. The third-order valence-corrected chi connectivity index (χ3v) is 21.8. The van der Waals surface area contributed by atoms with E-state index in [4.69, 9.17) is 4.43 Å². The molecule has 0 saturated carbocycles. The van der Waals surface area contributed by atoms with Crippen molar-refractivity contribution in [2.24, 2.45) is 0 Å². The average molecular weight is 1010 g/mol. The molecule has 2 saturated heterocycles. The number of sulfonamides is 2. The van der Waals surface area contributed by atoms with Crippen LogP contribution < -0.4 is 28.8 Å². The number of aromatic nitrogens is 2. The van der Waals surface area contributed by atoms with Gasteiger partial charge >= 0.3 is 0 Å². The minimum absolute atomic E-state index is 0. The number of benzene rings is 4. The van der Waals surface area contributed by atoms with Gasteiger partial charge in [0.1, 0.15) is 12.2 Å². The molecule has 14 nitrogen and oxygen atoms in total. The van der Waals surface area contributed by atoms with Gasteiger partial charge in [0.05, 0.1) is 22.9 Å². The molecule has 2 aliphatic heterocycles. The van der Waals surface area contributed by atoms with Crippen LogP contribution in [0.1, 0.15) is 41.0 Å². The lowest BCUT2D eigenvalue weighted by atomic mass is 10.2. The summed E-state index contributed by atoms with van der Waals surface area (Å²) >= 11 is 2.47. The first-order valence-electron chi connectivity index (χ1n) is 21.4. The van der Waals surface area contributed by atoms with Gasteiger partial charge in [-0.2, -0.15) is 0 Å². The fourth-order valence-corrected chi connectivity index (χ4v) is 17.4. The van der Waals surface area contributed by atoms with Gasteiger partial charge in [-0.3, -0.25) is 9.59 Å². The summed E-state index contributed by atoms with van der Waals surface area (Å²) in [6, 6.07) is 33.0. The van der Waals surface area contributed by atoms with E-state index in [9.17, 15) is 31.5 Å². The Morgan fingerprint density at radius 2 is 1.10 bits per heavy atom. The maximum Gasteiger partial charge on any atom is 0.266 e. The Labute approximate surface area is 408 Å². The van der Waals surface area contributed by atoms with Gasteiger partial charge in [-0.15, -0.1) is 35.8 Å². The maximum absolute atomic E-state index is 13.9. The van der Waals surface area contributed by atoms with E-state index in [1.54, 1.807) is 52.3 Å². The molecule has 2 fully saturated rings. The van der Waals surface area contributed by atoms with E-state index in [2.05, 4.69) is 68.2 Å². The number of nitrogens with zero attached hydrogens (tertiary/aromatic N) is 6. The fourth-order valence-electron chi connectivity index (χ4n) is 8.17. The van der Waals surface area contributed by atoms with E-state index >= 15 is 0 Å². The molecule has 4 aromatic carbocycles. The van der Waals surface area contributed by atoms with Crippen LogP contribution in [0.25, 0.3) is 0 Å². The van der Waals surface area contributed by atoms with Gasteiger partial charge in [0.15, 0.2) is 10.3 Å². The molecule has 4 heterocycles. The van der Waals surface area contributed by atoms with Crippen LogP contribution in [0.4, 0.5) is 21.6 Å². The van der Waals surface area contributed by atoms with Crippen molar-refractivity contribution in [3.05, 3.63) is 158 Å². The van der Waals surface area contributed by atoms with Crippen LogP contribution in [0.5, 0.6) is 0 Å². The van der Waals surface area contributed by atoms with Crippen LogP contribution in [0, 0.1) is 0 Å². The van der Waals surface area contributed by atoms with Crippen molar-refractivity contribution in [3.8, 4) is 0 Å². The summed E-state index contributed by atoms with van der Waals surface area (Å²) in [5.41, 5.74) is 1.20. The Bertz CT molecular complexity index is 2830. The van der Waals surface area contributed by atoms with Crippen LogP contribution >= 0.6 is 22.7 Å². The minimum atomic E-state index is -3.87. The lowest BCUT2D eigenvalue weighted by Crippen LogP contribution is -2.68. The molecule has 2 aromatic heterocycles. The van der Waals surface area contributed by atoms with Crippen molar-refractivity contribution in [3.63, 3.8) is 0 Å². The predicted molar refractivity (Wildman–Crippen MR) is 276 cm³/mol. The highest BCUT2D eigenvalue weighted by Gasteiger charge is 2.53. The number of carbonyl (C=O) groups is 2. The number of anilines is 4. The molecule has 0 spiro atoms. The number of hydrogen-bond donors (Lipinski definition) is 1. The molecule has 0 aliphatic carbocycles. The molecule has 0 bridgehead atoms. The first kappa shape index (κ1) is 51.6. The zero-order valence-electron chi connectivity index (χ0n) is 37.3. The average Bonchev–Trinajstić information content (AvgIpc) is 4.18. The summed E-state index contributed by atoms with van der Waals surface area (Å²) < 4.78 is 62.2. The van der Waals surface area contributed by atoms with Crippen molar-refractivity contribution in [1.82, 2.24) is 9.97 Å². The highest BCUT2D eigenvalue weighted by atomic mass is 32.2. The van der Waals surface area contributed by atoms with Crippen LogP contribution in [0.2, 0.25) is 5.04 Å². The number of aliphatic hydroxyl groups is 1. The molecule has 8 rings (SSSR count). The molecular formula is C49H56N6O8S4Si. The second-order valence-electron chi connectivity index (χ2n) is 16.6. The Morgan fingerprint density at radius 1 is 0.691 bits per heavy atom. The molecule has 2 atom stereocenters. The third-order valence-electron chi connectivity index (χ3n) is 11.4. The first-order chi connectivity index (χ1) is 32.0. The maximum atomic E-state index is 13.9. The van der Waals surface area contributed by atoms with Crippen molar-refractivity contribution in [2.45, 2.75) is 68.1 Å². The lowest BCUT2D eigenvalue weighted by Gasteiger charge is -2.44. The van der Waals surface area contributed by atoms with Crippen molar-refractivity contribution < 1.29 is 36.0 Å². The Kier molecular flexibility index (Phi) is 16.4. The summed E-state index contributed by atoms with van der Waals surface area (Å²) in [4.78, 5) is 37.3. The SMILES string of the molecule is C.C=CCN(c1nccs1)S(=O)(=O)c1ccc(N2CC[C@@H](O)C2=O)cc1.C=CCN(c1nccs1)S(=O)(=O)c1ccc(N2CC[C@@H](O[Si](c3ccccc3)(c3ccccc3)C(C)(C)C)C2=O)cc1. The third kappa shape index (κ3) is 10.4. The fraction of sp³-hybridized carbons (Fsp3) is 0.265. The number of carbonyl (C=O) groups excluding carboxylic acids is 2. The highest BCUT2D eigenvalue weighted by molar-refractivity contribution is 7.93. The van der Waals surface area contributed by atoms with Gasteiger partial charge in [0, 0.05) is 54.0 Å². The van der Waals surface area contributed by atoms with Crippen LogP contribution in [0.3, 0.4) is 0 Å². The standard InChI is InChI=1S/C32H35N3O4S2Si.C16H17N3O4S2.CH4/c1-5-22-35(31-33-21-24-40-31)41(37,38)26-18-16-25(17-19-26)34-23-20-29(30(34)36)39-42(32(2,3)4,27-12-8-6-9-13-27)28-14-10-7-11-15-28;1-2-9-19(16-17-8-11-24-16)25(22,23)13-5-3-12(4-6-13)18-10-7-14(20)15(18)21;/h5-19,21,24,29H,1,20,22-23H2,2-4H3;2-6,8,11,14,20H,1,7,9-10H2;1H4/t29-;14-;/m11./s1. The Balaban J connectivity index is 0.000000250. The zero-order valence-corrected chi connectivity index (χ0v) is 41.6. The molecule has 6 aromatic rings. The van der Waals surface area contributed by atoms with Gasteiger partial charge in [0.25, 0.3) is 40.2 Å². The molecule has 0 unspecified atom stereocenters. The van der Waals surface area contributed by atoms with Gasteiger partial charge in [-0.05, 0) is 70.4 Å². The largest absolute Gasteiger partial charge is 0.395 e. The molecule has 19 heteroatoms. The summed E-state index contributed by atoms with van der Waals surface area (Å²) in [5, 5.41) is 15.7. The van der Waals surface area contributed by atoms with Gasteiger partial charge < -0.3 is 19.3 Å². The number of rotatable bonds is 16.